The number of esters is 1. The van der Waals surface area contributed by atoms with E-state index >= 15 is 0 Å². The van der Waals surface area contributed by atoms with Crippen molar-refractivity contribution >= 4 is 34.7 Å². The van der Waals surface area contributed by atoms with Crippen LogP contribution in [-0.4, -0.2) is 23.8 Å². The lowest BCUT2D eigenvalue weighted by atomic mass is 10.1. The van der Waals surface area contributed by atoms with Gasteiger partial charge in [-0.1, -0.05) is 29.3 Å². The molecule has 1 heterocycles. The van der Waals surface area contributed by atoms with E-state index in [-0.39, 0.29) is 6.61 Å². The number of halogens is 2. The van der Waals surface area contributed by atoms with E-state index < -0.39 is 12.1 Å². The van der Waals surface area contributed by atoms with Crippen molar-refractivity contribution < 1.29 is 14.6 Å². The van der Waals surface area contributed by atoms with Crippen molar-refractivity contribution in [2.45, 2.75) is 6.10 Å². The minimum atomic E-state index is -0.572. The minimum Gasteiger partial charge on any atom is -0.452 e. The molecule has 1 N–H and O–H groups in total. The molecule has 16 heavy (non-hydrogen) atoms. The lowest BCUT2D eigenvalue weighted by Crippen LogP contribution is -2.11. The molecule has 1 atom stereocenters. The quantitative estimate of drug-likeness (QED) is 0.829. The first-order chi connectivity index (χ1) is 7.61. The average Bonchev–Trinajstić information content (AvgIpc) is 2.64. The number of benzene rings is 1. The zero-order valence-corrected chi connectivity index (χ0v) is 9.63. The Morgan fingerprint density at radius 2 is 2.06 bits per heavy atom. The molecule has 0 unspecified atom stereocenters. The number of aliphatic hydroxyl groups is 1. The van der Waals surface area contributed by atoms with Gasteiger partial charge in [0.1, 0.15) is 6.10 Å². The summed E-state index contributed by atoms with van der Waals surface area (Å²) < 4.78 is 4.89. The molecule has 0 radical (unpaired) electrons. The van der Waals surface area contributed by atoms with Gasteiger partial charge in [0.25, 0.3) is 0 Å². The van der Waals surface area contributed by atoms with Crippen LogP contribution in [-0.2, 0) is 9.53 Å². The van der Waals surface area contributed by atoms with Crippen molar-refractivity contribution in [1.29, 1.82) is 0 Å². The Bertz CT molecular complexity index is 468. The van der Waals surface area contributed by atoms with Gasteiger partial charge in [-0.25, -0.2) is 4.79 Å². The normalized spacial score (nSPS) is 19.6. The molecule has 1 aliphatic rings. The summed E-state index contributed by atoms with van der Waals surface area (Å²) >= 11 is 11.6. The molecule has 2 rings (SSSR count). The Hall–Kier alpha value is -1.03. The van der Waals surface area contributed by atoms with Crippen molar-refractivity contribution in [2.75, 3.05) is 6.61 Å². The highest BCUT2D eigenvalue weighted by Gasteiger charge is 2.26. The van der Waals surface area contributed by atoms with E-state index in [2.05, 4.69) is 0 Å². The molecule has 1 aromatic rings. The van der Waals surface area contributed by atoms with Gasteiger partial charge in [-0.15, -0.1) is 0 Å². The number of aliphatic hydroxyl groups excluding tert-OH is 1. The van der Waals surface area contributed by atoms with Crippen molar-refractivity contribution in [3.05, 3.63) is 39.9 Å². The number of cyclic esters (lactones) is 1. The molecular formula is C11H8Cl2O3. The fourth-order valence-corrected chi connectivity index (χ4v) is 1.75. The Kier molecular flexibility index (Phi) is 3.19. The monoisotopic (exact) mass is 258 g/mol. The Morgan fingerprint density at radius 3 is 2.62 bits per heavy atom. The minimum absolute atomic E-state index is 0.226. The summed E-state index contributed by atoms with van der Waals surface area (Å²) in [4.78, 5) is 11.5. The van der Waals surface area contributed by atoms with Crippen LogP contribution in [0.25, 0.3) is 5.57 Å². The fraction of sp³-hybridized carbons (Fsp3) is 0.182. The Balaban J connectivity index is 2.37. The summed E-state index contributed by atoms with van der Waals surface area (Å²) in [6.45, 7) is -0.226. The highest BCUT2D eigenvalue weighted by Crippen LogP contribution is 2.29. The standard InChI is InChI=1S/C11H8Cl2O3/c12-9-2-1-6(3-10(9)13)8-4-7(5-14)16-11(8)15/h1-4,7,14H,5H2/t7-/m1/s1. The van der Waals surface area contributed by atoms with Crippen LogP contribution < -0.4 is 0 Å². The van der Waals surface area contributed by atoms with E-state index in [0.717, 1.165) is 0 Å². The Morgan fingerprint density at radius 1 is 1.31 bits per heavy atom. The summed E-state index contributed by atoms with van der Waals surface area (Å²) in [5, 5.41) is 9.68. The molecule has 0 aromatic heterocycles. The van der Waals surface area contributed by atoms with Gasteiger partial charge in [-0.2, -0.15) is 0 Å². The molecule has 1 aromatic carbocycles. The number of rotatable bonds is 2. The van der Waals surface area contributed by atoms with Crippen LogP contribution in [0.5, 0.6) is 0 Å². The highest BCUT2D eigenvalue weighted by molar-refractivity contribution is 6.42. The van der Waals surface area contributed by atoms with Crippen LogP contribution >= 0.6 is 23.2 Å². The number of hydrogen-bond acceptors (Lipinski definition) is 3. The van der Waals surface area contributed by atoms with Gasteiger partial charge in [0.15, 0.2) is 0 Å². The third kappa shape index (κ3) is 2.07. The number of carbonyl (C=O) groups is 1. The lowest BCUT2D eigenvalue weighted by molar-refractivity contribution is -0.139. The van der Waals surface area contributed by atoms with Crippen LogP contribution in [0.2, 0.25) is 10.0 Å². The van der Waals surface area contributed by atoms with Gasteiger partial charge in [-0.05, 0) is 23.8 Å². The summed E-state index contributed by atoms with van der Waals surface area (Å²) in [6, 6.07) is 4.89. The molecule has 0 bridgehead atoms. The summed E-state index contributed by atoms with van der Waals surface area (Å²) in [5.41, 5.74) is 1.04. The van der Waals surface area contributed by atoms with Gasteiger partial charge < -0.3 is 9.84 Å². The predicted molar refractivity (Wildman–Crippen MR) is 61.4 cm³/mol. The maximum absolute atomic E-state index is 11.5. The maximum Gasteiger partial charge on any atom is 0.339 e. The van der Waals surface area contributed by atoms with E-state index in [9.17, 15) is 4.79 Å². The van der Waals surface area contributed by atoms with Crippen molar-refractivity contribution in [1.82, 2.24) is 0 Å². The van der Waals surface area contributed by atoms with Crippen LogP contribution in [0, 0.1) is 0 Å². The second-order valence-electron chi connectivity index (χ2n) is 3.34. The van der Waals surface area contributed by atoms with Crippen LogP contribution in [0.4, 0.5) is 0 Å². The highest BCUT2D eigenvalue weighted by atomic mass is 35.5. The number of carbonyl (C=O) groups excluding carboxylic acids is 1. The number of hydrogen-bond donors (Lipinski definition) is 1. The summed E-state index contributed by atoms with van der Waals surface area (Å²) in [7, 11) is 0. The zero-order valence-electron chi connectivity index (χ0n) is 8.11. The topological polar surface area (TPSA) is 46.5 Å². The molecule has 0 fully saturated rings. The average molecular weight is 259 g/mol. The van der Waals surface area contributed by atoms with E-state index in [1.165, 1.54) is 0 Å². The van der Waals surface area contributed by atoms with Crippen LogP contribution in [0.1, 0.15) is 5.56 Å². The molecule has 0 saturated carbocycles. The molecule has 84 valence electrons. The summed E-state index contributed by atoms with van der Waals surface area (Å²) in [6.07, 6.45) is 0.999. The lowest BCUT2D eigenvalue weighted by Gasteiger charge is -2.02. The van der Waals surface area contributed by atoms with Crippen LogP contribution in [0.15, 0.2) is 24.3 Å². The first kappa shape index (κ1) is 11.5. The maximum atomic E-state index is 11.5. The molecular weight excluding hydrogens is 251 g/mol. The SMILES string of the molecule is O=C1O[C@@H](CO)C=C1c1ccc(Cl)c(Cl)c1. The van der Waals surface area contributed by atoms with Gasteiger partial charge in [-0.3, -0.25) is 0 Å². The van der Waals surface area contributed by atoms with Gasteiger partial charge >= 0.3 is 5.97 Å². The van der Waals surface area contributed by atoms with Crippen molar-refractivity contribution in [2.24, 2.45) is 0 Å². The molecule has 0 amide bonds. The van der Waals surface area contributed by atoms with Crippen molar-refractivity contribution in [3.63, 3.8) is 0 Å². The summed E-state index contributed by atoms with van der Waals surface area (Å²) in [5.74, 6) is -0.461. The first-order valence-electron chi connectivity index (χ1n) is 4.61. The van der Waals surface area contributed by atoms with Gasteiger partial charge in [0.2, 0.25) is 0 Å². The third-order valence-electron chi connectivity index (χ3n) is 2.24. The predicted octanol–water partition coefficient (Wildman–Crippen LogP) is 2.29. The third-order valence-corrected chi connectivity index (χ3v) is 2.98. The molecule has 0 aliphatic carbocycles. The smallest absolute Gasteiger partial charge is 0.339 e. The van der Waals surface area contributed by atoms with E-state index in [1.54, 1.807) is 24.3 Å². The van der Waals surface area contributed by atoms with Crippen LogP contribution in [0.3, 0.4) is 0 Å². The Labute approximate surface area is 102 Å². The second-order valence-corrected chi connectivity index (χ2v) is 4.15. The molecule has 3 nitrogen and oxygen atoms in total. The van der Waals surface area contributed by atoms with E-state index in [4.69, 9.17) is 33.0 Å². The molecule has 5 heteroatoms. The van der Waals surface area contributed by atoms with Crippen molar-refractivity contribution in [3.8, 4) is 0 Å². The van der Waals surface area contributed by atoms with Gasteiger partial charge in [0.05, 0.1) is 22.2 Å². The zero-order chi connectivity index (χ0) is 11.7. The largest absolute Gasteiger partial charge is 0.452 e. The molecule has 0 spiro atoms. The second kappa shape index (κ2) is 4.45. The number of ether oxygens (including phenoxy) is 1. The fourth-order valence-electron chi connectivity index (χ4n) is 1.46. The first-order valence-corrected chi connectivity index (χ1v) is 5.36. The van der Waals surface area contributed by atoms with E-state index in [1.807, 2.05) is 0 Å². The van der Waals surface area contributed by atoms with E-state index in [0.29, 0.717) is 21.2 Å². The molecule has 1 aliphatic heterocycles. The van der Waals surface area contributed by atoms with Gasteiger partial charge in [0, 0.05) is 0 Å². The molecule has 0 saturated heterocycles.